The zero-order valence-electron chi connectivity index (χ0n) is 14.2. The van der Waals surface area contributed by atoms with Gasteiger partial charge < -0.3 is 20.1 Å². The molecular weight excluding hydrogens is 292 g/mol. The van der Waals surface area contributed by atoms with E-state index >= 15 is 0 Å². The van der Waals surface area contributed by atoms with Crippen LogP contribution in [0.5, 0.6) is 5.75 Å². The van der Waals surface area contributed by atoms with E-state index in [1.54, 1.807) is 7.11 Å². The normalized spacial score (nSPS) is 17.2. The quantitative estimate of drug-likeness (QED) is 0.683. The van der Waals surface area contributed by atoms with E-state index in [2.05, 4.69) is 17.6 Å². The highest BCUT2D eigenvalue weighted by atomic mass is 16.5. The lowest BCUT2D eigenvalue weighted by Gasteiger charge is -2.14. The number of hydrogen-bond donors (Lipinski definition) is 2. The minimum absolute atomic E-state index is 0.0266. The van der Waals surface area contributed by atoms with Crippen LogP contribution in [0.25, 0.3) is 0 Å². The summed E-state index contributed by atoms with van der Waals surface area (Å²) in [4.78, 5) is 12.3. The average molecular weight is 320 g/mol. The molecule has 0 aromatic heterocycles. The molecule has 0 radical (unpaired) electrons. The first kappa shape index (κ1) is 17.8. The van der Waals surface area contributed by atoms with Gasteiger partial charge in [0.05, 0.1) is 6.61 Å². The molecule has 1 saturated heterocycles. The summed E-state index contributed by atoms with van der Waals surface area (Å²) >= 11 is 0. The SMILES string of the molecule is CCc1ccc(C(=O)NC[C@H]2CCNC2)cc1OCCCOC. The predicted octanol–water partition coefficient (Wildman–Crippen LogP) is 2.00. The summed E-state index contributed by atoms with van der Waals surface area (Å²) in [5, 5.41) is 6.34. The predicted molar refractivity (Wildman–Crippen MR) is 91.1 cm³/mol. The number of nitrogens with one attached hydrogen (secondary N) is 2. The number of amides is 1. The van der Waals surface area contributed by atoms with Crippen molar-refractivity contribution in [2.75, 3.05) is 40.0 Å². The molecule has 1 heterocycles. The van der Waals surface area contributed by atoms with Crippen LogP contribution in [0.1, 0.15) is 35.7 Å². The van der Waals surface area contributed by atoms with Crippen molar-refractivity contribution in [1.29, 1.82) is 0 Å². The van der Waals surface area contributed by atoms with Gasteiger partial charge in [0.2, 0.25) is 0 Å². The zero-order valence-corrected chi connectivity index (χ0v) is 14.2. The maximum Gasteiger partial charge on any atom is 0.251 e. The van der Waals surface area contributed by atoms with E-state index in [4.69, 9.17) is 9.47 Å². The van der Waals surface area contributed by atoms with Gasteiger partial charge in [0.1, 0.15) is 5.75 Å². The lowest BCUT2D eigenvalue weighted by Crippen LogP contribution is -2.30. The number of carbonyl (C=O) groups is 1. The molecule has 1 aromatic rings. The third-order valence-corrected chi connectivity index (χ3v) is 4.17. The third kappa shape index (κ3) is 5.52. The Morgan fingerprint density at radius 1 is 1.39 bits per heavy atom. The maximum atomic E-state index is 12.3. The largest absolute Gasteiger partial charge is 0.493 e. The Labute approximate surface area is 138 Å². The van der Waals surface area contributed by atoms with Crippen molar-refractivity contribution in [3.8, 4) is 5.75 Å². The molecule has 2 rings (SSSR count). The lowest BCUT2D eigenvalue weighted by atomic mass is 10.1. The molecule has 0 saturated carbocycles. The molecule has 0 aliphatic carbocycles. The summed E-state index contributed by atoms with van der Waals surface area (Å²) < 4.78 is 10.9. The van der Waals surface area contributed by atoms with Crippen LogP contribution < -0.4 is 15.4 Å². The second-order valence-electron chi connectivity index (χ2n) is 5.94. The molecule has 1 atom stereocenters. The molecule has 0 bridgehead atoms. The van der Waals surface area contributed by atoms with Gasteiger partial charge in [0, 0.05) is 32.2 Å². The van der Waals surface area contributed by atoms with Gasteiger partial charge in [-0.25, -0.2) is 0 Å². The van der Waals surface area contributed by atoms with Gasteiger partial charge >= 0.3 is 0 Å². The van der Waals surface area contributed by atoms with Gasteiger partial charge in [0.15, 0.2) is 0 Å². The van der Waals surface area contributed by atoms with Crippen LogP contribution in [-0.4, -0.2) is 45.9 Å². The summed E-state index contributed by atoms with van der Waals surface area (Å²) in [6.45, 7) is 6.13. The standard InChI is InChI=1S/C18H28N2O3/c1-3-15-5-6-16(11-17(15)23-10-4-9-22-2)18(21)20-13-14-7-8-19-12-14/h5-6,11,14,19H,3-4,7-10,12-13H2,1-2H3,(H,20,21)/t14-/m0/s1. The Kier molecular flexibility index (Phi) is 7.36. The number of hydrogen-bond acceptors (Lipinski definition) is 4. The van der Waals surface area contributed by atoms with Crippen LogP contribution in [0.4, 0.5) is 0 Å². The fraction of sp³-hybridized carbons (Fsp3) is 0.611. The second-order valence-corrected chi connectivity index (χ2v) is 5.94. The molecule has 0 unspecified atom stereocenters. The number of aryl methyl sites for hydroxylation is 1. The number of methoxy groups -OCH3 is 1. The monoisotopic (exact) mass is 320 g/mol. The molecule has 1 aliphatic rings. The van der Waals surface area contributed by atoms with Crippen molar-refractivity contribution in [2.24, 2.45) is 5.92 Å². The van der Waals surface area contributed by atoms with Crippen LogP contribution in [0.15, 0.2) is 18.2 Å². The Morgan fingerprint density at radius 2 is 2.26 bits per heavy atom. The lowest BCUT2D eigenvalue weighted by molar-refractivity contribution is 0.0947. The fourth-order valence-corrected chi connectivity index (χ4v) is 2.74. The zero-order chi connectivity index (χ0) is 16.5. The van der Waals surface area contributed by atoms with Gasteiger partial charge in [-0.3, -0.25) is 4.79 Å². The van der Waals surface area contributed by atoms with Gasteiger partial charge in [0.25, 0.3) is 5.91 Å². The summed E-state index contributed by atoms with van der Waals surface area (Å²) in [6, 6.07) is 5.72. The van der Waals surface area contributed by atoms with Gasteiger partial charge in [-0.05, 0) is 49.5 Å². The Balaban J connectivity index is 1.93. The van der Waals surface area contributed by atoms with Gasteiger partial charge in [-0.2, -0.15) is 0 Å². The summed E-state index contributed by atoms with van der Waals surface area (Å²) in [6.07, 6.45) is 2.85. The molecule has 1 fully saturated rings. The van der Waals surface area contributed by atoms with E-state index in [1.165, 1.54) is 0 Å². The highest BCUT2D eigenvalue weighted by molar-refractivity contribution is 5.94. The van der Waals surface area contributed by atoms with Crippen LogP contribution in [0.3, 0.4) is 0 Å². The number of benzene rings is 1. The van der Waals surface area contributed by atoms with E-state index in [9.17, 15) is 4.79 Å². The molecular formula is C18H28N2O3. The first-order chi connectivity index (χ1) is 11.2. The molecule has 5 nitrogen and oxygen atoms in total. The first-order valence-electron chi connectivity index (χ1n) is 8.48. The Hall–Kier alpha value is -1.59. The molecule has 1 amide bonds. The van der Waals surface area contributed by atoms with E-state index in [0.29, 0.717) is 24.7 Å². The fourth-order valence-electron chi connectivity index (χ4n) is 2.74. The topological polar surface area (TPSA) is 59.6 Å². The van der Waals surface area contributed by atoms with E-state index in [1.807, 2.05) is 18.2 Å². The number of ether oxygens (including phenoxy) is 2. The average Bonchev–Trinajstić information content (AvgIpc) is 3.10. The van der Waals surface area contributed by atoms with E-state index < -0.39 is 0 Å². The highest BCUT2D eigenvalue weighted by Crippen LogP contribution is 2.21. The van der Waals surface area contributed by atoms with Gasteiger partial charge in [-0.1, -0.05) is 13.0 Å². The van der Waals surface area contributed by atoms with Crippen molar-refractivity contribution in [1.82, 2.24) is 10.6 Å². The molecule has 2 N–H and O–H groups in total. The van der Waals surface area contributed by atoms with E-state index in [-0.39, 0.29) is 5.91 Å². The molecule has 5 heteroatoms. The number of carbonyl (C=O) groups excluding carboxylic acids is 1. The maximum absolute atomic E-state index is 12.3. The third-order valence-electron chi connectivity index (χ3n) is 4.17. The van der Waals surface area contributed by atoms with Crippen LogP contribution >= 0.6 is 0 Å². The second kappa shape index (κ2) is 9.53. The molecule has 23 heavy (non-hydrogen) atoms. The highest BCUT2D eigenvalue weighted by Gasteiger charge is 2.16. The number of rotatable bonds is 9. The van der Waals surface area contributed by atoms with Crippen molar-refractivity contribution in [2.45, 2.75) is 26.2 Å². The van der Waals surface area contributed by atoms with Crippen molar-refractivity contribution >= 4 is 5.91 Å². The summed E-state index contributed by atoms with van der Waals surface area (Å²) in [5.41, 5.74) is 1.79. The molecule has 1 aliphatic heterocycles. The van der Waals surface area contributed by atoms with Crippen LogP contribution in [0.2, 0.25) is 0 Å². The van der Waals surface area contributed by atoms with Crippen LogP contribution in [0, 0.1) is 5.92 Å². The minimum atomic E-state index is -0.0266. The molecule has 128 valence electrons. The van der Waals surface area contributed by atoms with Crippen molar-refractivity contribution in [3.05, 3.63) is 29.3 Å². The molecule has 1 aromatic carbocycles. The first-order valence-corrected chi connectivity index (χ1v) is 8.48. The summed E-state index contributed by atoms with van der Waals surface area (Å²) in [7, 11) is 1.68. The van der Waals surface area contributed by atoms with Crippen molar-refractivity contribution in [3.63, 3.8) is 0 Å². The van der Waals surface area contributed by atoms with Gasteiger partial charge in [-0.15, -0.1) is 0 Å². The smallest absolute Gasteiger partial charge is 0.251 e. The van der Waals surface area contributed by atoms with Crippen molar-refractivity contribution < 1.29 is 14.3 Å². The molecule has 0 spiro atoms. The minimum Gasteiger partial charge on any atom is -0.493 e. The van der Waals surface area contributed by atoms with Crippen LogP contribution in [-0.2, 0) is 11.2 Å². The Bertz CT molecular complexity index is 499. The Morgan fingerprint density at radius 3 is 2.96 bits per heavy atom. The van der Waals surface area contributed by atoms with E-state index in [0.717, 1.165) is 50.2 Å². The summed E-state index contributed by atoms with van der Waals surface area (Å²) in [5.74, 6) is 1.32.